The minimum Gasteiger partial charge on any atom is -0.493 e. The van der Waals surface area contributed by atoms with Crippen molar-refractivity contribution in [2.75, 3.05) is 13.2 Å². The number of aliphatic hydroxyl groups excluding tert-OH is 1. The van der Waals surface area contributed by atoms with E-state index in [1.54, 1.807) is 18.2 Å². The number of nitrogens with zero attached hydrogens (tertiary/aromatic N) is 1. The Labute approximate surface area is 196 Å². The lowest BCUT2D eigenvalue weighted by molar-refractivity contribution is 0.0912. The van der Waals surface area contributed by atoms with Crippen LogP contribution in [-0.4, -0.2) is 35.3 Å². The van der Waals surface area contributed by atoms with Crippen molar-refractivity contribution in [3.8, 4) is 22.3 Å². The smallest absolute Gasteiger partial charge is 0.255 e. The number of carbonyl (C=O) groups is 1. The molecule has 0 aliphatic carbocycles. The second kappa shape index (κ2) is 10.3. The van der Waals surface area contributed by atoms with Gasteiger partial charge in [-0.25, -0.2) is 0 Å². The molecule has 0 radical (unpaired) electrons. The molecule has 1 amide bonds. The van der Waals surface area contributed by atoms with Gasteiger partial charge in [-0.15, -0.1) is 11.3 Å². The van der Waals surface area contributed by atoms with E-state index in [0.717, 1.165) is 33.3 Å². The first kappa shape index (κ1) is 22.6. The highest BCUT2D eigenvalue weighted by molar-refractivity contribution is 7.16. The van der Waals surface area contributed by atoms with Crippen molar-refractivity contribution in [2.24, 2.45) is 0 Å². The number of para-hydroxylation sites is 1. The van der Waals surface area contributed by atoms with Crippen molar-refractivity contribution < 1.29 is 14.6 Å². The third-order valence-corrected chi connectivity index (χ3v) is 6.42. The number of fused-ring (bicyclic) bond motifs is 1. The summed E-state index contributed by atoms with van der Waals surface area (Å²) in [5.41, 5.74) is 3.30. The molecule has 3 N–H and O–H groups in total. The van der Waals surface area contributed by atoms with Gasteiger partial charge in [-0.2, -0.15) is 5.26 Å². The van der Waals surface area contributed by atoms with Gasteiger partial charge in [0.25, 0.3) is 5.91 Å². The Morgan fingerprint density at radius 1 is 1.24 bits per heavy atom. The summed E-state index contributed by atoms with van der Waals surface area (Å²) < 4.78 is 5.83. The number of H-pyrrole nitrogens is 1. The highest BCUT2D eigenvalue weighted by atomic mass is 32.1. The van der Waals surface area contributed by atoms with Crippen LogP contribution >= 0.6 is 11.3 Å². The summed E-state index contributed by atoms with van der Waals surface area (Å²) in [7, 11) is 0. The molecule has 0 saturated carbocycles. The number of aromatic nitrogens is 1. The Morgan fingerprint density at radius 3 is 2.85 bits per heavy atom. The van der Waals surface area contributed by atoms with Gasteiger partial charge in [0.15, 0.2) is 0 Å². The van der Waals surface area contributed by atoms with E-state index in [4.69, 9.17) is 10.00 Å². The molecule has 6 nitrogen and oxygen atoms in total. The Balaban J connectivity index is 1.59. The van der Waals surface area contributed by atoms with Gasteiger partial charge in [0, 0.05) is 22.0 Å². The van der Waals surface area contributed by atoms with Crippen molar-refractivity contribution in [2.45, 2.75) is 25.8 Å². The molecule has 7 heteroatoms. The largest absolute Gasteiger partial charge is 0.493 e. The van der Waals surface area contributed by atoms with Crippen LogP contribution in [0.1, 0.15) is 34.1 Å². The topological polar surface area (TPSA) is 98.1 Å². The number of hydrogen-bond acceptors (Lipinski definition) is 5. The maximum atomic E-state index is 13.3. The zero-order chi connectivity index (χ0) is 23.2. The van der Waals surface area contributed by atoms with Crippen molar-refractivity contribution in [3.63, 3.8) is 0 Å². The second-order valence-corrected chi connectivity index (χ2v) is 8.84. The van der Waals surface area contributed by atoms with E-state index in [1.807, 2.05) is 49.5 Å². The monoisotopic (exact) mass is 459 g/mol. The molecule has 4 aromatic rings. The predicted molar refractivity (Wildman–Crippen MR) is 131 cm³/mol. The maximum absolute atomic E-state index is 13.3. The zero-order valence-corrected chi connectivity index (χ0v) is 19.1. The van der Waals surface area contributed by atoms with E-state index in [-0.39, 0.29) is 12.5 Å². The fourth-order valence-corrected chi connectivity index (χ4v) is 4.54. The van der Waals surface area contributed by atoms with E-state index in [2.05, 4.69) is 16.4 Å². The molecule has 168 valence electrons. The van der Waals surface area contributed by atoms with Crippen LogP contribution < -0.4 is 10.1 Å². The lowest BCUT2D eigenvalue weighted by atomic mass is 10.0. The molecule has 0 spiro atoms. The first-order valence-corrected chi connectivity index (χ1v) is 11.7. The molecule has 0 aliphatic heterocycles. The predicted octanol–water partition coefficient (Wildman–Crippen LogP) is 4.89. The molecule has 4 rings (SSSR count). The summed E-state index contributed by atoms with van der Waals surface area (Å²) >= 11 is 1.38. The molecule has 33 heavy (non-hydrogen) atoms. The van der Waals surface area contributed by atoms with Crippen LogP contribution in [0.15, 0.2) is 60.8 Å². The van der Waals surface area contributed by atoms with Gasteiger partial charge in [-0.1, -0.05) is 25.1 Å². The van der Waals surface area contributed by atoms with Crippen LogP contribution in [-0.2, 0) is 6.42 Å². The van der Waals surface area contributed by atoms with Gasteiger partial charge in [0.2, 0.25) is 0 Å². The number of nitriles is 1. The lowest BCUT2D eigenvalue weighted by Crippen LogP contribution is -2.39. The molecular weight excluding hydrogens is 434 g/mol. The van der Waals surface area contributed by atoms with Gasteiger partial charge in [-0.3, -0.25) is 4.79 Å². The third kappa shape index (κ3) is 5.08. The lowest BCUT2D eigenvalue weighted by Gasteiger charge is -2.18. The van der Waals surface area contributed by atoms with Crippen LogP contribution in [0.3, 0.4) is 0 Å². The normalized spacial score (nSPS) is 11.8. The highest BCUT2D eigenvalue weighted by Gasteiger charge is 2.20. The van der Waals surface area contributed by atoms with Crippen LogP contribution in [0.25, 0.3) is 21.3 Å². The number of hydrogen-bond donors (Lipinski definition) is 3. The minimum absolute atomic E-state index is 0.188. The zero-order valence-electron chi connectivity index (χ0n) is 18.3. The average Bonchev–Trinajstić information content (AvgIpc) is 3.49. The van der Waals surface area contributed by atoms with Crippen molar-refractivity contribution >= 4 is 28.1 Å². The fraction of sp³-hybridized carbons (Fsp3) is 0.231. The first-order valence-electron chi connectivity index (χ1n) is 10.9. The molecule has 2 aromatic carbocycles. The number of amides is 1. The molecule has 2 aromatic heterocycles. The van der Waals surface area contributed by atoms with Crippen LogP contribution in [0.2, 0.25) is 0 Å². The Hall–Kier alpha value is -3.60. The molecular formula is C26H25N3O3S. The number of nitrogens with one attached hydrogen (secondary N) is 2. The van der Waals surface area contributed by atoms with E-state index in [9.17, 15) is 9.90 Å². The number of thiophene rings is 1. The van der Waals surface area contributed by atoms with Gasteiger partial charge in [0.05, 0.1) is 24.8 Å². The summed E-state index contributed by atoms with van der Waals surface area (Å²) in [5, 5.41) is 23.2. The van der Waals surface area contributed by atoms with E-state index >= 15 is 0 Å². The Bertz CT molecular complexity index is 1300. The van der Waals surface area contributed by atoms with Gasteiger partial charge in [-0.05, 0) is 60.4 Å². The van der Waals surface area contributed by atoms with Gasteiger partial charge >= 0.3 is 0 Å². The van der Waals surface area contributed by atoms with Gasteiger partial charge in [0.1, 0.15) is 16.7 Å². The van der Waals surface area contributed by atoms with Crippen molar-refractivity contribution in [1.29, 1.82) is 5.26 Å². The third-order valence-electron chi connectivity index (χ3n) is 5.38. The summed E-state index contributed by atoms with van der Waals surface area (Å²) in [4.78, 5) is 18.0. The molecule has 2 heterocycles. The number of aliphatic hydroxyl groups is 1. The van der Waals surface area contributed by atoms with E-state index in [0.29, 0.717) is 29.2 Å². The van der Waals surface area contributed by atoms with Crippen LogP contribution in [0, 0.1) is 11.3 Å². The number of rotatable bonds is 9. The minimum atomic E-state index is -0.452. The Morgan fingerprint density at radius 2 is 2.09 bits per heavy atom. The van der Waals surface area contributed by atoms with Crippen molar-refractivity contribution in [1.82, 2.24) is 10.3 Å². The molecule has 0 aliphatic rings. The molecule has 1 atom stereocenters. The SMILES string of the molecule is CCCOc1ccc(-c2ccc(C#N)s2)cc1C(=O)N[C@@H](CO)Cc1c[nH]c2ccccc12. The number of aromatic amines is 1. The van der Waals surface area contributed by atoms with Crippen LogP contribution in [0.4, 0.5) is 0 Å². The summed E-state index contributed by atoms with van der Waals surface area (Å²) in [5.74, 6) is 0.192. The van der Waals surface area contributed by atoms with Gasteiger partial charge < -0.3 is 20.1 Å². The fourth-order valence-electron chi connectivity index (χ4n) is 3.74. The Kier molecular flexibility index (Phi) is 7.08. The quantitative estimate of drug-likeness (QED) is 0.332. The standard InChI is InChI=1S/C26H25N3O3S/c1-2-11-32-24-9-7-17(25-10-8-20(14-27)33-25)13-22(24)26(31)29-19(16-30)12-18-15-28-23-6-4-3-5-21(18)23/h3-10,13,15,19,28,30H,2,11-12,16H2,1H3,(H,29,31)/t19-/m1/s1. The second-order valence-electron chi connectivity index (χ2n) is 7.75. The maximum Gasteiger partial charge on any atom is 0.255 e. The average molecular weight is 460 g/mol. The molecule has 0 bridgehead atoms. The summed E-state index contributed by atoms with van der Waals surface area (Å²) in [6.07, 6.45) is 3.23. The molecule has 0 fully saturated rings. The highest BCUT2D eigenvalue weighted by Crippen LogP contribution is 2.32. The number of carbonyl (C=O) groups excluding carboxylic acids is 1. The van der Waals surface area contributed by atoms with Crippen LogP contribution in [0.5, 0.6) is 5.75 Å². The number of benzene rings is 2. The van der Waals surface area contributed by atoms with E-state index in [1.165, 1.54) is 11.3 Å². The number of ether oxygens (including phenoxy) is 1. The molecule has 0 unspecified atom stereocenters. The van der Waals surface area contributed by atoms with E-state index < -0.39 is 6.04 Å². The van der Waals surface area contributed by atoms with Crippen molar-refractivity contribution in [3.05, 3.63) is 76.8 Å². The first-order chi connectivity index (χ1) is 16.1. The molecule has 0 saturated heterocycles. The summed E-state index contributed by atoms with van der Waals surface area (Å²) in [6.45, 7) is 2.31. The summed E-state index contributed by atoms with van der Waals surface area (Å²) in [6, 6.07) is 18.8.